The van der Waals surface area contributed by atoms with Crippen molar-refractivity contribution in [2.75, 3.05) is 63.3 Å². The Morgan fingerprint density at radius 1 is 1.07 bits per heavy atom. The topological polar surface area (TPSA) is 72.0 Å². The van der Waals surface area contributed by atoms with Gasteiger partial charge in [0.2, 0.25) is 5.95 Å². The number of methoxy groups -OCH3 is 1. The molecule has 1 aromatic carbocycles. The van der Waals surface area contributed by atoms with Crippen molar-refractivity contribution in [2.24, 2.45) is 0 Å². The Morgan fingerprint density at radius 3 is 2.60 bits per heavy atom. The van der Waals surface area contributed by atoms with E-state index >= 15 is 0 Å². The minimum atomic E-state index is -2.63. The molecule has 0 spiro atoms. The van der Waals surface area contributed by atoms with Crippen LogP contribution >= 0.6 is 0 Å². The quantitative estimate of drug-likeness (QED) is 0.304. The number of halogens is 2. The predicted octanol–water partition coefficient (Wildman–Crippen LogP) is 5.89. The van der Waals surface area contributed by atoms with Gasteiger partial charge in [0.25, 0.3) is 5.92 Å². The lowest BCUT2D eigenvalue weighted by Gasteiger charge is -2.32. The predicted molar refractivity (Wildman–Crippen MR) is 154 cm³/mol. The van der Waals surface area contributed by atoms with Crippen LogP contribution in [0.3, 0.4) is 0 Å². The number of hydrogen-bond donors (Lipinski definition) is 1. The van der Waals surface area contributed by atoms with Crippen LogP contribution in [0.15, 0.2) is 12.1 Å². The largest absolute Gasteiger partial charge is 0.493 e. The van der Waals surface area contributed by atoms with E-state index in [0.717, 1.165) is 57.1 Å². The molecule has 3 saturated heterocycles. The third kappa shape index (κ3) is 7.63. The van der Waals surface area contributed by atoms with Crippen LogP contribution in [0.2, 0.25) is 0 Å². The summed E-state index contributed by atoms with van der Waals surface area (Å²) in [7, 11) is 1.64. The minimum Gasteiger partial charge on any atom is -0.493 e. The van der Waals surface area contributed by atoms with Crippen LogP contribution in [-0.4, -0.2) is 86.0 Å². The maximum absolute atomic E-state index is 13.9. The summed E-state index contributed by atoms with van der Waals surface area (Å²) in [5.74, 6) is -0.184. The molecule has 1 unspecified atom stereocenters. The van der Waals surface area contributed by atoms with Crippen LogP contribution < -0.4 is 19.7 Å². The molecule has 40 heavy (non-hydrogen) atoms. The maximum atomic E-state index is 13.9. The van der Waals surface area contributed by atoms with Gasteiger partial charge in [0.15, 0.2) is 11.5 Å². The van der Waals surface area contributed by atoms with E-state index in [1.54, 1.807) is 7.11 Å². The number of ether oxygens (including phenoxy) is 3. The fourth-order valence-corrected chi connectivity index (χ4v) is 5.99. The van der Waals surface area contributed by atoms with Gasteiger partial charge in [-0.05, 0) is 77.4 Å². The fourth-order valence-electron chi connectivity index (χ4n) is 5.99. The molecule has 4 heterocycles. The van der Waals surface area contributed by atoms with Crippen molar-refractivity contribution in [1.29, 1.82) is 0 Å². The maximum Gasteiger partial charge on any atom is 0.251 e. The van der Waals surface area contributed by atoms with Crippen LogP contribution in [0.25, 0.3) is 10.9 Å². The van der Waals surface area contributed by atoms with Crippen LogP contribution in [0, 0.1) is 0 Å². The van der Waals surface area contributed by atoms with E-state index in [4.69, 9.17) is 24.2 Å². The summed E-state index contributed by atoms with van der Waals surface area (Å²) in [6.45, 7) is 7.44. The standard InChI is InChI=1S/C30H45F2N5O3/c1-22(8-5-9-23-10-6-18-39-23)33-28-24-20-26(38-2)27(40-19-7-15-36-13-3-4-14-36)21-25(24)34-29(35-28)37-16-11-30(31,32)12-17-37/h20-23H,3-19H2,1-2H3,(H,33,34,35)/t22-,23?/m0/s1. The highest BCUT2D eigenvalue weighted by Gasteiger charge is 2.35. The number of alkyl halides is 2. The molecule has 10 heteroatoms. The number of aromatic nitrogens is 2. The molecule has 2 atom stereocenters. The third-order valence-electron chi connectivity index (χ3n) is 8.39. The van der Waals surface area contributed by atoms with Gasteiger partial charge in [-0.3, -0.25) is 0 Å². The van der Waals surface area contributed by atoms with Crippen molar-refractivity contribution in [3.63, 3.8) is 0 Å². The first-order chi connectivity index (χ1) is 19.4. The van der Waals surface area contributed by atoms with E-state index in [9.17, 15) is 8.78 Å². The van der Waals surface area contributed by atoms with Crippen molar-refractivity contribution in [2.45, 2.75) is 89.2 Å². The summed E-state index contributed by atoms with van der Waals surface area (Å²) in [5, 5.41) is 4.42. The second-order valence-electron chi connectivity index (χ2n) is 11.6. The van der Waals surface area contributed by atoms with Gasteiger partial charge in [-0.25, -0.2) is 13.8 Å². The van der Waals surface area contributed by atoms with Gasteiger partial charge < -0.3 is 29.3 Å². The molecule has 0 radical (unpaired) electrons. The molecule has 1 N–H and O–H groups in total. The molecule has 5 rings (SSSR count). The Kier molecular flexibility index (Phi) is 9.78. The Morgan fingerprint density at radius 2 is 1.88 bits per heavy atom. The first-order valence-electron chi connectivity index (χ1n) is 15.2. The molecule has 2 aromatic rings. The number of rotatable bonds is 13. The van der Waals surface area contributed by atoms with Crippen LogP contribution in [0.4, 0.5) is 20.5 Å². The summed E-state index contributed by atoms with van der Waals surface area (Å²) in [6.07, 6.45) is 8.91. The smallest absolute Gasteiger partial charge is 0.251 e. The molecule has 0 saturated carbocycles. The minimum absolute atomic E-state index is 0.172. The molecule has 222 valence electrons. The molecule has 3 aliphatic heterocycles. The SMILES string of the molecule is COc1cc2c(N[C@@H](C)CCCC3CCCO3)nc(N3CCC(F)(F)CC3)nc2cc1OCCCN1CCCC1. The van der Waals surface area contributed by atoms with Gasteiger partial charge in [0.1, 0.15) is 5.82 Å². The second kappa shape index (κ2) is 13.5. The van der Waals surface area contributed by atoms with Gasteiger partial charge in [-0.1, -0.05) is 0 Å². The normalized spacial score (nSPS) is 22.1. The van der Waals surface area contributed by atoms with E-state index < -0.39 is 5.92 Å². The Hall–Kier alpha value is -2.46. The Labute approximate surface area is 236 Å². The summed E-state index contributed by atoms with van der Waals surface area (Å²) >= 11 is 0. The highest BCUT2D eigenvalue weighted by atomic mass is 19.3. The lowest BCUT2D eigenvalue weighted by atomic mass is 10.1. The van der Waals surface area contributed by atoms with Crippen molar-refractivity contribution in [3.8, 4) is 11.5 Å². The second-order valence-corrected chi connectivity index (χ2v) is 11.6. The number of nitrogens with zero attached hydrogens (tertiary/aromatic N) is 4. The van der Waals surface area contributed by atoms with E-state index in [1.165, 1.54) is 25.9 Å². The molecule has 3 aliphatic rings. The van der Waals surface area contributed by atoms with Crippen molar-refractivity contribution >= 4 is 22.7 Å². The zero-order valence-electron chi connectivity index (χ0n) is 24.1. The number of piperidine rings is 1. The van der Waals surface area contributed by atoms with Crippen molar-refractivity contribution in [3.05, 3.63) is 12.1 Å². The van der Waals surface area contributed by atoms with Crippen molar-refractivity contribution in [1.82, 2.24) is 14.9 Å². The lowest BCUT2D eigenvalue weighted by molar-refractivity contribution is -0.0222. The zero-order valence-corrected chi connectivity index (χ0v) is 24.1. The molecule has 0 bridgehead atoms. The Balaban J connectivity index is 1.33. The Bertz CT molecular complexity index is 1100. The lowest BCUT2D eigenvalue weighted by Crippen LogP contribution is -2.40. The summed E-state index contributed by atoms with van der Waals surface area (Å²) < 4.78 is 45.4. The summed E-state index contributed by atoms with van der Waals surface area (Å²) in [5.41, 5.74) is 0.715. The van der Waals surface area contributed by atoms with Crippen molar-refractivity contribution < 1.29 is 23.0 Å². The fraction of sp³-hybridized carbons (Fsp3) is 0.733. The average Bonchev–Trinajstić information content (AvgIpc) is 3.65. The highest BCUT2D eigenvalue weighted by Crippen LogP contribution is 2.37. The molecule has 0 amide bonds. The van der Waals surface area contributed by atoms with Gasteiger partial charge in [-0.2, -0.15) is 4.98 Å². The van der Waals surface area contributed by atoms with Crippen LogP contribution in [0.1, 0.15) is 71.1 Å². The summed E-state index contributed by atoms with van der Waals surface area (Å²) in [6, 6.07) is 4.01. The molecule has 8 nitrogen and oxygen atoms in total. The van der Waals surface area contributed by atoms with E-state index in [1.807, 2.05) is 17.0 Å². The first kappa shape index (κ1) is 29.0. The molecule has 3 fully saturated rings. The monoisotopic (exact) mass is 561 g/mol. The van der Waals surface area contributed by atoms with E-state index in [-0.39, 0.29) is 32.0 Å². The van der Waals surface area contributed by atoms with Gasteiger partial charge in [-0.15, -0.1) is 0 Å². The van der Waals surface area contributed by atoms with Gasteiger partial charge in [0.05, 0.1) is 25.3 Å². The van der Waals surface area contributed by atoms with Crippen LogP contribution in [-0.2, 0) is 4.74 Å². The number of anilines is 2. The third-order valence-corrected chi connectivity index (χ3v) is 8.39. The zero-order chi connectivity index (χ0) is 28.0. The molecule has 0 aliphatic carbocycles. The number of fused-ring (bicyclic) bond motifs is 1. The number of nitrogens with one attached hydrogen (secondary N) is 1. The molecular weight excluding hydrogens is 516 g/mol. The van der Waals surface area contributed by atoms with E-state index in [2.05, 4.69) is 17.1 Å². The number of hydrogen-bond acceptors (Lipinski definition) is 8. The summed E-state index contributed by atoms with van der Waals surface area (Å²) in [4.78, 5) is 14.0. The van der Waals surface area contributed by atoms with Gasteiger partial charge in [0, 0.05) is 56.6 Å². The van der Waals surface area contributed by atoms with Crippen LogP contribution in [0.5, 0.6) is 11.5 Å². The number of benzene rings is 1. The molecular formula is C30H45F2N5O3. The van der Waals surface area contributed by atoms with E-state index in [0.29, 0.717) is 41.5 Å². The number of likely N-dealkylation sites (tertiary alicyclic amines) is 1. The first-order valence-corrected chi connectivity index (χ1v) is 15.2. The average molecular weight is 562 g/mol. The highest BCUT2D eigenvalue weighted by molar-refractivity contribution is 5.93. The molecule has 1 aromatic heterocycles. The van der Waals surface area contributed by atoms with Gasteiger partial charge >= 0.3 is 0 Å².